The third-order valence-electron chi connectivity index (χ3n) is 4.41. The fourth-order valence-electron chi connectivity index (χ4n) is 3.38. The normalized spacial score (nSPS) is 22.7. The number of allylic oxidation sites excluding steroid dienone is 1. The van der Waals surface area contributed by atoms with Gasteiger partial charge < -0.3 is 10.6 Å². The highest BCUT2D eigenvalue weighted by Gasteiger charge is 2.40. The lowest BCUT2D eigenvalue weighted by Crippen LogP contribution is -2.31. The molecule has 0 saturated heterocycles. The van der Waals surface area contributed by atoms with Crippen LogP contribution in [0.15, 0.2) is 27.3 Å². The lowest BCUT2D eigenvalue weighted by atomic mass is 9.74. The van der Waals surface area contributed by atoms with Crippen LogP contribution < -0.4 is 10.6 Å². The van der Waals surface area contributed by atoms with Crippen LogP contribution in [-0.4, -0.2) is 16.1 Å². The number of rotatable bonds is 1. The second kappa shape index (κ2) is 4.92. The van der Waals surface area contributed by atoms with Crippen molar-refractivity contribution in [1.29, 1.82) is 0 Å². The summed E-state index contributed by atoms with van der Waals surface area (Å²) in [5, 5.41) is 16.5. The first-order valence-electron chi connectivity index (χ1n) is 7.61. The number of hydrogen-bond acceptors (Lipinski definition) is 7. The van der Waals surface area contributed by atoms with Crippen LogP contribution in [0.5, 0.6) is 0 Å². The minimum absolute atomic E-state index is 0.0698. The molecule has 0 fully saturated rings. The number of anilines is 2. The summed E-state index contributed by atoms with van der Waals surface area (Å²) in [7, 11) is 0. The summed E-state index contributed by atoms with van der Waals surface area (Å²) in [4.78, 5) is 14.0. The number of nitrogens with one attached hydrogen (secondary N) is 2. The van der Waals surface area contributed by atoms with Gasteiger partial charge >= 0.3 is 0 Å². The first kappa shape index (κ1) is 14.4. The molecule has 2 aromatic heterocycles. The molecule has 3 heterocycles. The van der Waals surface area contributed by atoms with Crippen LogP contribution in [0.2, 0.25) is 0 Å². The molecule has 1 atom stereocenters. The molecule has 2 aromatic rings. The van der Waals surface area contributed by atoms with E-state index >= 15 is 0 Å². The highest BCUT2D eigenvalue weighted by molar-refractivity contribution is 7.10. The summed E-state index contributed by atoms with van der Waals surface area (Å²) >= 11 is 1.64. The lowest BCUT2D eigenvalue weighted by Gasteiger charge is -2.33. The van der Waals surface area contributed by atoms with Crippen molar-refractivity contribution in [2.24, 2.45) is 5.41 Å². The van der Waals surface area contributed by atoms with Gasteiger partial charge in [-0.05, 0) is 46.1 Å². The van der Waals surface area contributed by atoms with Gasteiger partial charge in [0.05, 0.1) is 6.04 Å². The molecule has 0 saturated carbocycles. The monoisotopic (exact) mass is 330 g/mol. The van der Waals surface area contributed by atoms with E-state index in [4.69, 9.17) is 4.63 Å². The number of aryl methyl sites for hydroxylation is 1. The molecular weight excluding hydrogens is 312 g/mol. The van der Waals surface area contributed by atoms with E-state index in [1.165, 1.54) is 0 Å². The topological polar surface area (TPSA) is 80.1 Å². The van der Waals surface area contributed by atoms with Crippen LogP contribution in [0.1, 0.15) is 43.2 Å². The smallest absolute Gasteiger partial charge is 0.219 e. The van der Waals surface area contributed by atoms with Crippen LogP contribution >= 0.6 is 11.3 Å². The van der Waals surface area contributed by atoms with Gasteiger partial charge in [-0.15, -0.1) is 11.3 Å². The van der Waals surface area contributed by atoms with E-state index in [9.17, 15) is 4.79 Å². The predicted octanol–water partition coefficient (Wildman–Crippen LogP) is 3.66. The number of ketones is 1. The van der Waals surface area contributed by atoms with Crippen molar-refractivity contribution in [2.75, 3.05) is 10.6 Å². The first-order valence-corrected chi connectivity index (χ1v) is 8.49. The number of carbonyl (C=O) groups is 1. The average molecular weight is 330 g/mol. The fraction of sp³-hybridized carbons (Fsp3) is 0.438. The second-order valence-electron chi connectivity index (χ2n) is 6.96. The van der Waals surface area contributed by atoms with Gasteiger partial charge in [-0.1, -0.05) is 13.8 Å². The van der Waals surface area contributed by atoms with E-state index in [1.807, 2.05) is 5.38 Å². The van der Waals surface area contributed by atoms with Crippen LogP contribution in [0.25, 0.3) is 0 Å². The van der Waals surface area contributed by atoms with Gasteiger partial charge in [0.1, 0.15) is 0 Å². The molecule has 0 radical (unpaired) electrons. The summed E-state index contributed by atoms with van der Waals surface area (Å²) in [6, 6.07) is 1.86. The summed E-state index contributed by atoms with van der Waals surface area (Å²) in [5.41, 5.74) is 2.82. The van der Waals surface area contributed by atoms with Crippen molar-refractivity contribution in [3.05, 3.63) is 33.2 Å². The van der Waals surface area contributed by atoms with Crippen molar-refractivity contribution in [3.8, 4) is 0 Å². The zero-order chi connectivity index (χ0) is 16.2. The number of aromatic nitrogens is 2. The van der Waals surface area contributed by atoms with E-state index in [2.05, 4.69) is 47.8 Å². The van der Waals surface area contributed by atoms with Gasteiger partial charge in [-0.2, -0.15) is 0 Å². The van der Waals surface area contributed by atoms with Crippen molar-refractivity contribution in [2.45, 2.75) is 39.7 Å². The summed E-state index contributed by atoms with van der Waals surface area (Å²) in [5.74, 6) is 1.26. The molecule has 0 unspecified atom stereocenters. The van der Waals surface area contributed by atoms with E-state index in [1.54, 1.807) is 11.3 Å². The largest absolute Gasteiger partial charge is 0.352 e. The molecule has 1 aliphatic carbocycles. The van der Waals surface area contributed by atoms with E-state index in [-0.39, 0.29) is 17.2 Å². The van der Waals surface area contributed by atoms with Gasteiger partial charge in [0.25, 0.3) is 0 Å². The zero-order valence-electron chi connectivity index (χ0n) is 13.3. The Hall–Kier alpha value is -2.15. The third-order valence-corrected chi connectivity index (χ3v) is 5.50. The minimum atomic E-state index is -0.214. The first-order chi connectivity index (χ1) is 10.9. The number of Topliss-reactive ketones (excluding diaryl/α,β-unsaturated/α-hetero) is 1. The number of hydrogen-bond donors (Lipinski definition) is 2. The lowest BCUT2D eigenvalue weighted by molar-refractivity contribution is -0.118. The molecule has 0 spiro atoms. The Morgan fingerprint density at radius 2 is 2.09 bits per heavy atom. The van der Waals surface area contributed by atoms with Crippen molar-refractivity contribution < 1.29 is 9.42 Å². The average Bonchev–Trinajstić information content (AvgIpc) is 3.02. The molecule has 4 rings (SSSR count). The maximum absolute atomic E-state index is 12.9. The highest BCUT2D eigenvalue weighted by atomic mass is 32.1. The molecule has 0 bridgehead atoms. The van der Waals surface area contributed by atoms with Crippen LogP contribution in [-0.2, 0) is 4.79 Å². The summed E-state index contributed by atoms with van der Waals surface area (Å²) in [6.07, 6.45) is 1.34. The fourth-order valence-corrected chi connectivity index (χ4v) is 4.36. The Morgan fingerprint density at radius 1 is 1.30 bits per heavy atom. The minimum Gasteiger partial charge on any atom is -0.352 e. The quantitative estimate of drug-likeness (QED) is 0.830. The Bertz CT molecular complexity index is 818. The van der Waals surface area contributed by atoms with Gasteiger partial charge in [-0.25, -0.2) is 4.63 Å². The second-order valence-corrected chi connectivity index (χ2v) is 7.91. The molecule has 0 amide bonds. The molecule has 0 aromatic carbocycles. The number of carbonyl (C=O) groups excluding carboxylic acids is 1. The number of fused-ring (bicyclic) bond motifs is 1. The van der Waals surface area contributed by atoms with Gasteiger partial charge in [0.15, 0.2) is 5.78 Å². The summed E-state index contributed by atoms with van der Waals surface area (Å²) in [6.45, 7) is 6.29. The number of nitrogens with zero attached hydrogens (tertiary/aromatic N) is 2. The Balaban J connectivity index is 1.89. The highest BCUT2D eigenvalue weighted by Crippen LogP contribution is 2.45. The predicted molar refractivity (Wildman–Crippen MR) is 88.4 cm³/mol. The Labute approximate surface area is 137 Å². The van der Waals surface area contributed by atoms with Gasteiger partial charge in [0, 0.05) is 22.6 Å². The Kier molecular flexibility index (Phi) is 3.09. The van der Waals surface area contributed by atoms with E-state index in [0.29, 0.717) is 18.1 Å². The molecule has 7 heteroatoms. The number of thiophene rings is 1. The molecule has 23 heavy (non-hydrogen) atoms. The zero-order valence-corrected chi connectivity index (χ0v) is 14.1. The van der Waals surface area contributed by atoms with Gasteiger partial charge in [-0.3, -0.25) is 4.79 Å². The van der Waals surface area contributed by atoms with Gasteiger partial charge in [0.2, 0.25) is 11.6 Å². The van der Waals surface area contributed by atoms with Crippen molar-refractivity contribution in [3.63, 3.8) is 0 Å². The molecular formula is C16H18N4O2S. The third kappa shape index (κ3) is 2.35. The van der Waals surface area contributed by atoms with Crippen molar-refractivity contribution >= 4 is 28.8 Å². The summed E-state index contributed by atoms with van der Waals surface area (Å²) < 4.78 is 4.85. The molecule has 120 valence electrons. The maximum atomic E-state index is 12.9. The van der Waals surface area contributed by atoms with Crippen LogP contribution in [0.3, 0.4) is 0 Å². The van der Waals surface area contributed by atoms with E-state index < -0.39 is 0 Å². The van der Waals surface area contributed by atoms with E-state index in [0.717, 1.165) is 28.1 Å². The molecule has 2 N–H and O–H groups in total. The Morgan fingerprint density at radius 3 is 2.83 bits per heavy atom. The standard InChI is InChI=1S/C16H18N4O2S/c1-8-4-5-23-13(8)12-11-9(6-16(2,3)7-10(11)21)17-14-15(18-12)20-22-19-14/h4-5,12H,6-7H2,1-3H3,(H,17,19)(H,18,20)/t12-/m0/s1. The SMILES string of the molecule is Cc1ccsc1[C@H]1Nc2nonc2NC2=C1C(=O)CC(C)(C)C2. The van der Waals surface area contributed by atoms with Crippen LogP contribution in [0.4, 0.5) is 11.6 Å². The molecule has 2 aliphatic rings. The molecule has 1 aliphatic heterocycles. The molecule has 6 nitrogen and oxygen atoms in total. The van der Waals surface area contributed by atoms with Crippen molar-refractivity contribution in [1.82, 2.24) is 10.3 Å². The van der Waals surface area contributed by atoms with Crippen LogP contribution in [0, 0.1) is 12.3 Å². The maximum Gasteiger partial charge on any atom is 0.219 e.